The van der Waals surface area contributed by atoms with Crippen LogP contribution in [0.3, 0.4) is 0 Å². The highest BCUT2D eigenvalue weighted by molar-refractivity contribution is 5.79. The van der Waals surface area contributed by atoms with Gasteiger partial charge in [-0.1, -0.05) is 6.07 Å². The van der Waals surface area contributed by atoms with Crippen molar-refractivity contribution < 1.29 is 4.79 Å². The molecule has 1 amide bonds. The minimum atomic E-state index is -0.137. The maximum Gasteiger partial charge on any atom is 0.224 e. The van der Waals surface area contributed by atoms with Crippen molar-refractivity contribution >= 4 is 5.91 Å². The van der Waals surface area contributed by atoms with E-state index in [9.17, 15) is 4.79 Å². The Kier molecular flexibility index (Phi) is 2.21. The van der Waals surface area contributed by atoms with Crippen molar-refractivity contribution in [1.82, 2.24) is 9.88 Å². The van der Waals surface area contributed by atoms with Crippen LogP contribution < -0.4 is 5.73 Å². The van der Waals surface area contributed by atoms with Crippen LogP contribution in [0.4, 0.5) is 0 Å². The first kappa shape index (κ1) is 9.15. The number of rotatable bonds is 1. The zero-order valence-electron chi connectivity index (χ0n) is 8.05. The van der Waals surface area contributed by atoms with Gasteiger partial charge in [0.05, 0.1) is 11.7 Å². The summed E-state index contributed by atoms with van der Waals surface area (Å²) in [7, 11) is 1.77. The number of aromatic nitrogens is 1. The fourth-order valence-corrected chi connectivity index (χ4v) is 1.87. The summed E-state index contributed by atoms with van der Waals surface area (Å²) in [4.78, 5) is 17.3. The molecular formula is C10H13N3O. The second kappa shape index (κ2) is 3.38. The van der Waals surface area contributed by atoms with E-state index >= 15 is 0 Å². The van der Waals surface area contributed by atoms with Crippen molar-refractivity contribution in [3.8, 4) is 0 Å². The number of hydrogen-bond acceptors (Lipinski definition) is 3. The Morgan fingerprint density at radius 3 is 2.86 bits per heavy atom. The van der Waals surface area contributed by atoms with Crippen LogP contribution in [0.25, 0.3) is 0 Å². The van der Waals surface area contributed by atoms with Crippen molar-refractivity contribution in [2.45, 2.75) is 18.5 Å². The summed E-state index contributed by atoms with van der Waals surface area (Å²) < 4.78 is 0. The van der Waals surface area contributed by atoms with Gasteiger partial charge in [-0.05, 0) is 12.1 Å². The van der Waals surface area contributed by atoms with Gasteiger partial charge in [-0.15, -0.1) is 0 Å². The number of likely N-dealkylation sites (N-methyl/N-ethyl adjacent to an activating group) is 1. The highest BCUT2D eigenvalue weighted by atomic mass is 16.2. The van der Waals surface area contributed by atoms with Crippen LogP contribution in [0.1, 0.15) is 18.2 Å². The Labute approximate surface area is 82.7 Å². The predicted octanol–water partition coefficient (Wildman–Crippen LogP) is 0.312. The summed E-state index contributed by atoms with van der Waals surface area (Å²) in [6, 6.07) is 5.46. The second-order valence-corrected chi connectivity index (χ2v) is 3.57. The Morgan fingerprint density at radius 1 is 1.57 bits per heavy atom. The van der Waals surface area contributed by atoms with Crippen molar-refractivity contribution in [3.05, 3.63) is 30.1 Å². The lowest BCUT2D eigenvalue weighted by molar-refractivity contribution is -0.127. The van der Waals surface area contributed by atoms with Gasteiger partial charge in [-0.2, -0.15) is 0 Å². The first-order valence-corrected chi connectivity index (χ1v) is 4.62. The SMILES string of the molecule is CN1C(=O)C[C@H](N)[C@H]1c1ccccn1. The molecule has 0 aliphatic carbocycles. The molecule has 0 spiro atoms. The number of carbonyl (C=O) groups is 1. The van der Waals surface area contributed by atoms with E-state index in [2.05, 4.69) is 4.98 Å². The molecule has 1 aromatic rings. The van der Waals surface area contributed by atoms with E-state index in [-0.39, 0.29) is 18.0 Å². The minimum Gasteiger partial charge on any atom is -0.335 e. The maximum atomic E-state index is 11.4. The fraction of sp³-hybridized carbons (Fsp3) is 0.400. The first-order valence-electron chi connectivity index (χ1n) is 4.62. The summed E-state index contributed by atoms with van der Waals surface area (Å²) in [6.07, 6.45) is 2.14. The molecule has 0 saturated carbocycles. The third-order valence-electron chi connectivity index (χ3n) is 2.62. The van der Waals surface area contributed by atoms with Crippen LogP contribution in [-0.2, 0) is 4.79 Å². The number of likely N-dealkylation sites (tertiary alicyclic amines) is 1. The van der Waals surface area contributed by atoms with E-state index in [1.807, 2.05) is 18.2 Å². The standard InChI is InChI=1S/C10H13N3O/c1-13-9(14)6-7(11)10(13)8-4-2-3-5-12-8/h2-5,7,10H,6,11H2,1H3/t7-,10-/m0/s1. The molecular weight excluding hydrogens is 178 g/mol. The third-order valence-corrected chi connectivity index (χ3v) is 2.62. The van der Waals surface area contributed by atoms with Crippen LogP contribution in [0, 0.1) is 0 Å². The molecule has 14 heavy (non-hydrogen) atoms. The van der Waals surface area contributed by atoms with Crippen LogP contribution >= 0.6 is 0 Å². The van der Waals surface area contributed by atoms with Gasteiger partial charge >= 0.3 is 0 Å². The number of amides is 1. The molecule has 0 bridgehead atoms. The van der Waals surface area contributed by atoms with Crippen molar-refractivity contribution in [3.63, 3.8) is 0 Å². The van der Waals surface area contributed by atoms with E-state index in [0.717, 1.165) is 5.69 Å². The molecule has 74 valence electrons. The van der Waals surface area contributed by atoms with Gasteiger partial charge in [-0.3, -0.25) is 9.78 Å². The number of hydrogen-bond donors (Lipinski definition) is 1. The zero-order valence-corrected chi connectivity index (χ0v) is 8.05. The molecule has 4 nitrogen and oxygen atoms in total. The molecule has 0 radical (unpaired) electrons. The van der Waals surface area contributed by atoms with Gasteiger partial charge in [-0.25, -0.2) is 0 Å². The lowest BCUT2D eigenvalue weighted by Crippen LogP contribution is -2.30. The Morgan fingerprint density at radius 2 is 2.36 bits per heavy atom. The first-order chi connectivity index (χ1) is 6.70. The monoisotopic (exact) mass is 191 g/mol. The smallest absolute Gasteiger partial charge is 0.224 e. The van der Waals surface area contributed by atoms with Crippen LogP contribution in [0.2, 0.25) is 0 Å². The molecule has 2 N–H and O–H groups in total. The van der Waals surface area contributed by atoms with E-state index in [4.69, 9.17) is 5.73 Å². The van der Waals surface area contributed by atoms with Gasteiger partial charge in [0.15, 0.2) is 0 Å². The van der Waals surface area contributed by atoms with E-state index in [0.29, 0.717) is 6.42 Å². The number of nitrogens with zero attached hydrogens (tertiary/aromatic N) is 2. The highest BCUT2D eigenvalue weighted by Gasteiger charge is 2.36. The molecule has 1 aliphatic heterocycles. The quantitative estimate of drug-likeness (QED) is 0.695. The van der Waals surface area contributed by atoms with Crippen LogP contribution in [-0.4, -0.2) is 28.9 Å². The van der Waals surface area contributed by atoms with Crippen LogP contribution in [0.15, 0.2) is 24.4 Å². The fourth-order valence-electron chi connectivity index (χ4n) is 1.87. The third kappa shape index (κ3) is 1.37. The van der Waals surface area contributed by atoms with Gasteiger partial charge in [0, 0.05) is 25.7 Å². The molecule has 1 aromatic heterocycles. The molecule has 2 heterocycles. The number of pyridine rings is 1. The molecule has 2 rings (SSSR count). The molecule has 0 aromatic carbocycles. The average Bonchev–Trinajstić information content (AvgIpc) is 2.43. The summed E-state index contributed by atoms with van der Waals surface area (Å²) in [5.41, 5.74) is 6.76. The summed E-state index contributed by atoms with van der Waals surface area (Å²) in [6.45, 7) is 0. The lowest BCUT2D eigenvalue weighted by atomic mass is 10.1. The molecule has 1 fully saturated rings. The highest BCUT2D eigenvalue weighted by Crippen LogP contribution is 2.28. The number of nitrogens with two attached hydrogens (primary N) is 1. The average molecular weight is 191 g/mol. The minimum absolute atomic E-state index is 0.0660. The van der Waals surface area contributed by atoms with E-state index in [1.54, 1.807) is 18.1 Å². The summed E-state index contributed by atoms with van der Waals surface area (Å²) in [5, 5.41) is 0. The normalized spacial score (nSPS) is 27.0. The Balaban J connectivity index is 2.31. The largest absolute Gasteiger partial charge is 0.335 e. The van der Waals surface area contributed by atoms with E-state index < -0.39 is 0 Å². The Hall–Kier alpha value is -1.42. The van der Waals surface area contributed by atoms with Gasteiger partial charge in [0.2, 0.25) is 5.91 Å². The molecule has 4 heteroatoms. The maximum absolute atomic E-state index is 11.4. The number of carbonyl (C=O) groups excluding carboxylic acids is 1. The summed E-state index contributed by atoms with van der Waals surface area (Å²) >= 11 is 0. The topological polar surface area (TPSA) is 59.2 Å². The van der Waals surface area contributed by atoms with Crippen molar-refractivity contribution in [2.24, 2.45) is 5.73 Å². The summed E-state index contributed by atoms with van der Waals surface area (Å²) in [5.74, 6) is 0.0909. The van der Waals surface area contributed by atoms with Crippen molar-refractivity contribution in [2.75, 3.05) is 7.05 Å². The molecule has 1 aliphatic rings. The lowest BCUT2D eigenvalue weighted by Gasteiger charge is -2.21. The van der Waals surface area contributed by atoms with Gasteiger partial charge in [0.25, 0.3) is 0 Å². The van der Waals surface area contributed by atoms with Crippen LogP contribution in [0.5, 0.6) is 0 Å². The van der Waals surface area contributed by atoms with Gasteiger partial charge in [0.1, 0.15) is 0 Å². The predicted molar refractivity (Wildman–Crippen MR) is 52.3 cm³/mol. The zero-order chi connectivity index (χ0) is 10.1. The molecule has 2 atom stereocenters. The Bertz CT molecular complexity index is 338. The second-order valence-electron chi connectivity index (χ2n) is 3.57. The van der Waals surface area contributed by atoms with Gasteiger partial charge < -0.3 is 10.6 Å². The van der Waals surface area contributed by atoms with Crippen molar-refractivity contribution in [1.29, 1.82) is 0 Å². The van der Waals surface area contributed by atoms with E-state index in [1.165, 1.54) is 0 Å². The molecule has 1 saturated heterocycles. The molecule has 0 unspecified atom stereocenters.